The van der Waals surface area contributed by atoms with Gasteiger partial charge >= 0.3 is 5.97 Å². The molecule has 7 rings (SSSR count). The van der Waals surface area contributed by atoms with Crippen LogP contribution >= 0.6 is 0 Å². The van der Waals surface area contributed by atoms with Crippen molar-refractivity contribution in [3.8, 4) is 11.1 Å². The maximum absolute atomic E-state index is 14.2. The van der Waals surface area contributed by atoms with Crippen LogP contribution in [0, 0.1) is 5.82 Å². The molecule has 8 heteroatoms. The maximum atomic E-state index is 14.2. The number of halogens is 1. The van der Waals surface area contributed by atoms with Gasteiger partial charge in [-0.3, -0.25) is 14.9 Å². The molecule has 3 aromatic heterocycles. The minimum Gasteiger partial charge on any atom is -0.468 e. The number of hydrogen-bond acceptors (Lipinski definition) is 5. The van der Waals surface area contributed by atoms with Gasteiger partial charge in [0.05, 0.1) is 23.7 Å². The second-order valence-corrected chi connectivity index (χ2v) is 11.8. The van der Waals surface area contributed by atoms with Crippen LogP contribution in [0.3, 0.4) is 0 Å². The van der Waals surface area contributed by atoms with Crippen molar-refractivity contribution in [2.75, 3.05) is 7.11 Å². The Labute approximate surface area is 276 Å². The Hall–Kier alpha value is -5.86. The molecule has 48 heavy (non-hydrogen) atoms. The first-order valence-corrected chi connectivity index (χ1v) is 15.7. The fourth-order valence-corrected chi connectivity index (χ4v) is 6.71. The van der Waals surface area contributed by atoms with Crippen LogP contribution in [0.15, 0.2) is 145 Å². The molecular weight excluding hydrogens is 603 g/mol. The van der Waals surface area contributed by atoms with Crippen molar-refractivity contribution in [1.29, 1.82) is 0 Å². The van der Waals surface area contributed by atoms with E-state index in [1.807, 2.05) is 77.3 Å². The number of benzene rings is 4. The number of methoxy groups -OCH3 is 1. The molecule has 7 aromatic rings. The van der Waals surface area contributed by atoms with E-state index in [1.54, 1.807) is 25.4 Å². The SMILES string of the molecule is COC(=O)[C@H](Cc1ccc(-c2cc3cc(F)ccc3n(C)c2=O)c2nccn12)NC(c1ccccc1)(c1ccccc1)c1ccccc1. The van der Waals surface area contributed by atoms with Crippen LogP contribution in [-0.4, -0.2) is 33.1 Å². The van der Waals surface area contributed by atoms with Crippen LogP contribution in [0.1, 0.15) is 22.4 Å². The standard InChI is InChI=1S/C40H33FN4O3/c1-44-36-21-18-31(41)24-27(36)25-34(38(44)46)33-20-19-32(45-23-22-42-37(33)45)26-35(39(47)48-2)43-40(28-12-6-3-7-13-28,29-14-8-4-9-15-29)30-16-10-5-11-17-30/h3-25,35,43H,26H2,1-2H3/t35-/m0/s1. The van der Waals surface area contributed by atoms with Crippen molar-refractivity contribution < 1.29 is 13.9 Å². The number of aryl methyl sites for hydroxylation is 1. The molecule has 1 atom stereocenters. The number of nitrogens with one attached hydrogen (secondary N) is 1. The number of carbonyl (C=O) groups is 1. The number of aromatic nitrogens is 3. The Kier molecular flexibility index (Phi) is 8.17. The van der Waals surface area contributed by atoms with Crippen LogP contribution in [0.5, 0.6) is 0 Å². The summed E-state index contributed by atoms with van der Waals surface area (Å²) in [7, 11) is 3.06. The molecule has 0 bridgehead atoms. The van der Waals surface area contributed by atoms with Crippen LogP contribution in [-0.2, 0) is 28.5 Å². The summed E-state index contributed by atoms with van der Waals surface area (Å²) >= 11 is 0. The molecule has 1 N–H and O–H groups in total. The van der Waals surface area contributed by atoms with Gasteiger partial charge in [0.1, 0.15) is 17.5 Å². The average Bonchev–Trinajstić information content (AvgIpc) is 3.63. The summed E-state index contributed by atoms with van der Waals surface area (Å²) in [4.78, 5) is 31.9. The van der Waals surface area contributed by atoms with Gasteiger partial charge in [0.25, 0.3) is 5.56 Å². The maximum Gasteiger partial charge on any atom is 0.323 e. The van der Waals surface area contributed by atoms with E-state index in [-0.39, 0.29) is 17.8 Å². The number of hydrogen-bond donors (Lipinski definition) is 1. The summed E-state index contributed by atoms with van der Waals surface area (Å²) in [5.74, 6) is -0.808. The number of carbonyl (C=O) groups excluding carboxylic acids is 1. The molecule has 0 aliphatic carbocycles. The zero-order valence-electron chi connectivity index (χ0n) is 26.5. The number of esters is 1. The molecule has 238 valence electrons. The lowest BCUT2D eigenvalue weighted by Gasteiger charge is -2.39. The quantitative estimate of drug-likeness (QED) is 0.142. The van der Waals surface area contributed by atoms with E-state index in [9.17, 15) is 14.0 Å². The highest BCUT2D eigenvalue weighted by atomic mass is 19.1. The van der Waals surface area contributed by atoms with E-state index in [4.69, 9.17) is 4.74 Å². The zero-order chi connectivity index (χ0) is 33.3. The van der Waals surface area contributed by atoms with Crippen molar-refractivity contribution in [1.82, 2.24) is 19.3 Å². The molecule has 3 heterocycles. The lowest BCUT2D eigenvalue weighted by Crippen LogP contribution is -2.53. The fourth-order valence-electron chi connectivity index (χ4n) is 6.71. The highest BCUT2D eigenvalue weighted by Crippen LogP contribution is 2.38. The normalized spacial score (nSPS) is 12.3. The van der Waals surface area contributed by atoms with Crippen LogP contribution in [0.2, 0.25) is 0 Å². The smallest absolute Gasteiger partial charge is 0.323 e. The summed E-state index contributed by atoms with van der Waals surface area (Å²) in [6.45, 7) is 0. The molecule has 0 aliphatic heterocycles. The van der Waals surface area contributed by atoms with Gasteiger partial charge in [0.15, 0.2) is 0 Å². The topological polar surface area (TPSA) is 77.6 Å². The van der Waals surface area contributed by atoms with Crippen molar-refractivity contribution in [3.63, 3.8) is 0 Å². The van der Waals surface area contributed by atoms with Gasteiger partial charge in [-0.15, -0.1) is 0 Å². The predicted molar refractivity (Wildman–Crippen MR) is 185 cm³/mol. The molecule has 4 aromatic carbocycles. The monoisotopic (exact) mass is 636 g/mol. The molecule has 0 saturated heterocycles. The van der Waals surface area contributed by atoms with Gasteiger partial charge in [-0.1, -0.05) is 91.0 Å². The van der Waals surface area contributed by atoms with Crippen LogP contribution in [0.25, 0.3) is 27.7 Å². The van der Waals surface area contributed by atoms with E-state index in [0.717, 1.165) is 22.4 Å². The number of imidazole rings is 1. The van der Waals surface area contributed by atoms with Gasteiger partial charge in [-0.05, 0) is 53.1 Å². The molecule has 7 nitrogen and oxygen atoms in total. The summed E-state index contributed by atoms with van der Waals surface area (Å²) in [5.41, 5.74) is 4.71. The predicted octanol–water partition coefficient (Wildman–Crippen LogP) is 6.66. The third-order valence-corrected chi connectivity index (χ3v) is 9.02. The first-order valence-electron chi connectivity index (χ1n) is 15.7. The Morgan fingerprint density at radius 1 is 0.833 bits per heavy atom. The van der Waals surface area contributed by atoms with E-state index in [2.05, 4.69) is 46.7 Å². The van der Waals surface area contributed by atoms with Crippen molar-refractivity contribution in [3.05, 3.63) is 178 Å². The second kappa shape index (κ2) is 12.7. The molecule has 0 fully saturated rings. The molecule has 0 spiro atoms. The fraction of sp³-hybridized carbons (Fsp3) is 0.125. The third kappa shape index (κ3) is 5.36. The lowest BCUT2D eigenvalue weighted by atomic mass is 9.76. The Morgan fingerprint density at radius 2 is 1.44 bits per heavy atom. The molecular formula is C40H33FN4O3. The number of fused-ring (bicyclic) bond motifs is 2. The van der Waals surface area contributed by atoms with Gasteiger partial charge in [-0.25, -0.2) is 9.37 Å². The van der Waals surface area contributed by atoms with Gasteiger partial charge in [0.2, 0.25) is 0 Å². The minimum atomic E-state index is -0.913. The van der Waals surface area contributed by atoms with E-state index in [0.29, 0.717) is 27.7 Å². The Morgan fingerprint density at radius 3 is 2.02 bits per heavy atom. The van der Waals surface area contributed by atoms with Crippen LogP contribution in [0.4, 0.5) is 4.39 Å². The average molecular weight is 637 g/mol. The van der Waals surface area contributed by atoms with Crippen molar-refractivity contribution in [2.45, 2.75) is 18.0 Å². The highest BCUT2D eigenvalue weighted by molar-refractivity contribution is 5.87. The van der Waals surface area contributed by atoms with Gasteiger partial charge in [0, 0.05) is 42.5 Å². The first kappa shape index (κ1) is 30.8. The number of rotatable bonds is 9. The molecule has 0 saturated carbocycles. The van der Waals surface area contributed by atoms with Gasteiger partial charge < -0.3 is 13.7 Å². The number of nitrogens with zero attached hydrogens (tertiary/aromatic N) is 3. The summed E-state index contributed by atoms with van der Waals surface area (Å²) in [5, 5.41) is 4.37. The second-order valence-electron chi connectivity index (χ2n) is 11.8. The van der Waals surface area contributed by atoms with Gasteiger partial charge in [-0.2, -0.15) is 0 Å². The van der Waals surface area contributed by atoms with E-state index >= 15 is 0 Å². The summed E-state index contributed by atoms with van der Waals surface area (Å²) in [6, 6.07) is 39.2. The third-order valence-electron chi connectivity index (χ3n) is 9.02. The molecule has 0 unspecified atom stereocenters. The Balaban J connectivity index is 1.36. The summed E-state index contributed by atoms with van der Waals surface area (Å²) < 4.78 is 23.0. The minimum absolute atomic E-state index is 0.223. The van der Waals surface area contributed by atoms with E-state index in [1.165, 1.54) is 23.8 Å². The largest absolute Gasteiger partial charge is 0.468 e. The molecule has 0 aliphatic rings. The zero-order valence-corrected chi connectivity index (χ0v) is 26.5. The first-order chi connectivity index (χ1) is 23.4. The summed E-state index contributed by atoms with van der Waals surface area (Å²) in [6.07, 6.45) is 3.72. The number of pyridine rings is 2. The number of ether oxygens (including phenoxy) is 1. The van der Waals surface area contributed by atoms with Crippen LogP contribution < -0.4 is 10.9 Å². The highest BCUT2D eigenvalue weighted by Gasteiger charge is 2.40. The molecule has 0 radical (unpaired) electrons. The Bertz CT molecular complexity index is 2200. The van der Waals surface area contributed by atoms with Crippen molar-refractivity contribution >= 4 is 22.5 Å². The lowest BCUT2D eigenvalue weighted by molar-refractivity contribution is -0.143. The molecule has 0 amide bonds. The van der Waals surface area contributed by atoms with Crippen molar-refractivity contribution in [2.24, 2.45) is 7.05 Å². The van der Waals surface area contributed by atoms with E-state index < -0.39 is 17.6 Å².